The number of urea groups is 1. The number of hydrogen-bond donors (Lipinski definition) is 1. The van der Waals surface area contributed by atoms with Gasteiger partial charge in [0.25, 0.3) is 0 Å². The van der Waals surface area contributed by atoms with Crippen LogP contribution in [0, 0.1) is 0 Å². The van der Waals surface area contributed by atoms with Crippen LogP contribution in [0.1, 0.15) is 49.0 Å². The molecule has 1 N–H and O–H groups in total. The molecule has 0 bridgehead atoms. The lowest BCUT2D eigenvalue weighted by Gasteiger charge is -2.32. The molecule has 162 valence electrons. The van der Waals surface area contributed by atoms with Crippen LogP contribution in [0.5, 0.6) is 0 Å². The molecule has 30 heavy (non-hydrogen) atoms. The quantitative estimate of drug-likeness (QED) is 0.728. The molecular formula is C21H28ClN5O3. The Kier molecular flexibility index (Phi) is 6.43. The summed E-state index contributed by atoms with van der Waals surface area (Å²) in [6.07, 6.45) is 3.85. The van der Waals surface area contributed by atoms with Gasteiger partial charge in [-0.1, -0.05) is 23.7 Å². The average molecular weight is 434 g/mol. The Morgan fingerprint density at radius 3 is 2.73 bits per heavy atom. The van der Waals surface area contributed by atoms with Gasteiger partial charge in [0.2, 0.25) is 0 Å². The van der Waals surface area contributed by atoms with Crippen LogP contribution in [0.3, 0.4) is 0 Å². The van der Waals surface area contributed by atoms with E-state index in [2.05, 4.69) is 10.4 Å². The summed E-state index contributed by atoms with van der Waals surface area (Å²) in [6.45, 7) is 2.63. The first-order valence-electron chi connectivity index (χ1n) is 10.5. The molecule has 2 heterocycles. The van der Waals surface area contributed by atoms with Crippen LogP contribution in [-0.2, 0) is 17.8 Å². The van der Waals surface area contributed by atoms with E-state index in [1.165, 1.54) is 4.68 Å². The van der Waals surface area contributed by atoms with Crippen LogP contribution < -0.4 is 11.0 Å². The van der Waals surface area contributed by atoms with Gasteiger partial charge in [-0.3, -0.25) is 4.57 Å². The SMILES string of the molecule is COCCn1nc(C2CCCN(C(=O)NCc3ccc(Cl)cc3)C2)n(C2CC2)c1=O. The zero-order valence-corrected chi connectivity index (χ0v) is 18.0. The van der Waals surface area contributed by atoms with E-state index in [9.17, 15) is 9.59 Å². The summed E-state index contributed by atoms with van der Waals surface area (Å²) >= 11 is 5.92. The fourth-order valence-electron chi connectivity index (χ4n) is 3.98. The van der Waals surface area contributed by atoms with E-state index in [0.717, 1.165) is 37.1 Å². The van der Waals surface area contributed by atoms with Crippen molar-refractivity contribution >= 4 is 17.6 Å². The maximum absolute atomic E-state index is 12.8. The highest BCUT2D eigenvalue weighted by molar-refractivity contribution is 6.30. The Hall–Kier alpha value is -2.32. The first-order valence-corrected chi connectivity index (χ1v) is 10.9. The summed E-state index contributed by atoms with van der Waals surface area (Å²) in [7, 11) is 1.62. The highest BCUT2D eigenvalue weighted by atomic mass is 35.5. The van der Waals surface area contributed by atoms with Gasteiger partial charge in [-0.25, -0.2) is 14.3 Å². The topological polar surface area (TPSA) is 81.4 Å². The Morgan fingerprint density at radius 1 is 1.27 bits per heavy atom. The van der Waals surface area contributed by atoms with Crippen LogP contribution in [0.2, 0.25) is 5.02 Å². The van der Waals surface area contributed by atoms with Crippen molar-refractivity contribution in [1.82, 2.24) is 24.6 Å². The van der Waals surface area contributed by atoms with Gasteiger partial charge in [0.1, 0.15) is 5.82 Å². The Labute approximate surface area is 180 Å². The number of rotatable bonds is 7. The number of ether oxygens (including phenoxy) is 1. The standard InChI is InChI=1S/C21H28ClN5O3/c1-30-12-11-26-21(29)27(18-8-9-18)19(24-26)16-3-2-10-25(14-16)20(28)23-13-15-4-6-17(22)7-5-15/h4-7,16,18H,2-3,8-14H2,1H3,(H,23,28). The molecule has 1 atom stereocenters. The van der Waals surface area contributed by atoms with Crippen molar-refractivity contribution in [3.63, 3.8) is 0 Å². The molecule has 0 spiro atoms. The van der Waals surface area contributed by atoms with Gasteiger partial charge < -0.3 is 15.0 Å². The number of piperidine rings is 1. The second kappa shape index (κ2) is 9.22. The molecule has 1 saturated carbocycles. The molecule has 1 unspecified atom stereocenters. The van der Waals surface area contributed by atoms with Crippen LogP contribution in [0.4, 0.5) is 4.79 Å². The largest absolute Gasteiger partial charge is 0.383 e. The molecule has 0 radical (unpaired) electrons. The number of benzene rings is 1. The number of carbonyl (C=O) groups is 1. The monoisotopic (exact) mass is 433 g/mol. The minimum Gasteiger partial charge on any atom is -0.383 e. The third kappa shape index (κ3) is 4.70. The normalized spacial score (nSPS) is 19.1. The Bertz CT molecular complexity index is 935. The molecule has 1 aromatic heterocycles. The van der Waals surface area contributed by atoms with Crippen molar-refractivity contribution in [2.75, 3.05) is 26.8 Å². The fourth-order valence-corrected chi connectivity index (χ4v) is 4.10. The Morgan fingerprint density at radius 2 is 2.03 bits per heavy atom. The summed E-state index contributed by atoms with van der Waals surface area (Å²) in [4.78, 5) is 27.4. The molecule has 1 aliphatic heterocycles. The molecule has 2 fully saturated rings. The van der Waals surface area contributed by atoms with Crippen molar-refractivity contribution in [2.24, 2.45) is 0 Å². The zero-order chi connectivity index (χ0) is 21.1. The van der Waals surface area contributed by atoms with Crippen LogP contribution in [-0.4, -0.2) is 52.1 Å². The minimum atomic E-state index is -0.0891. The predicted octanol–water partition coefficient (Wildman–Crippen LogP) is 2.77. The molecule has 2 amide bonds. The fraction of sp³-hybridized carbons (Fsp3) is 0.571. The number of nitrogens with zero attached hydrogens (tertiary/aromatic N) is 4. The molecule has 4 rings (SSSR count). The molecule has 2 aromatic rings. The lowest BCUT2D eigenvalue weighted by atomic mass is 9.97. The highest BCUT2D eigenvalue weighted by Crippen LogP contribution is 2.37. The molecular weight excluding hydrogens is 406 g/mol. The van der Waals surface area contributed by atoms with E-state index in [1.807, 2.05) is 33.7 Å². The lowest BCUT2D eigenvalue weighted by molar-refractivity contribution is 0.176. The predicted molar refractivity (Wildman–Crippen MR) is 114 cm³/mol. The smallest absolute Gasteiger partial charge is 0.346 e. The van der Waals surface area contributed by atoms with Crippen molar-refractivity contribution in [2.45, 2.75) is 50.7 Å². The number of nitrogens with one attached hydrogen (secondary N) is 1. The minimum absolute atomic E-state index is 0.0612. The lowest BCUT2D eigenvalue weighted by Crippen LogP contribution is -2.45. The maximum atomic E-state index is 12.8. The first kappa shape index (κ1) is 20.9. The number of aromatic nitrogens is 3. The van der Waals surface area contributed by atoms with Crippen LogP contribution >= 0.6 is 11.6 Å². The number of likely N-dealkylation sites (tertiary alicyclic amines) is 1. The molecule has 1 saturated heterocycles. The van der Waals surface area contributed by atoms with E-state index in [4.69, 9.17) is 16.3 Å². The molecule has 8 nitrogen and oxygen atoms in total. The van der Waals surface area contributed by atoms with Gasteiger partial charge in [0, 0.05) is 43.7 Å². The van der Waals surface area contributed by atoms with Crippen LogP contribution in [0.15, 0.2) is 29.1 Å². The summed E-state index contributed by atoms with van der Waals surface area (Å²) < 4.78 is 8.48. The van der Waals surface area contributed by atoms with Gasteiger partial charge in [-0.05, 0) is 43.4 Å². The third-order valence-corrected chi connectivity index (χ3v) is 6.00. The van der Waals surface area contributed by atoms with Gasteiger partial charge in [-0.15, -0.1) is 0 Å². The molecule has 1 aromatic carbocycles. The Balaban J connectivity index is 1.44. The summed E-state index contributed by atoms with van der Waals surface area (Å²) in [6, 6.07) is 7.60. The van der Waals surface area contributed by atoms with Crippen molar-refractivity contribution in [3.05, 3.63) is 51.2 Å². The van der Waals surface area contributed by atoms with Gasteiger partial charge in [-0.2, -0.15) is 5.10 Å². The third-order valence-electron chi connectivity index (χ3n) is 5.75. The average Bonchev–Trinajstić information content (AvgIpc) is 3.55. The molecule has 9 heteroatoms. The highest BCUT2D eigenvalue weighted by Gasteiger charge is 2.35. The number of halogens is 1. The zero-order valence-electron chi connectivity index (χ0n) is 17.2. The van der Waals surface area contributed by atoms with Crippen molar-refractivity contribution in [3.8, 4) is 0 Å². The van der Waals surface area contributed by atoms with E-state index >= 15 is 0 Å². The van der Waals surface area contributed by atoms with E-state index in [0.29, 0.717) is 37.8 Å². The molecule has 2 aliphatic rings. The van der Waals surface area contributed by atoms with Gasteiger partial charge in [0.15, 0.2) is 0 Å². The van der Waals surface area contributed by atoms with Gasteiger partial charge in [0.05, 0.1) is 13.2 Å². The second-order valence-corrected chi connectivity index (χ2v) is 8.46. The summed E-state index contributed by atoms with van der Waals surface area (Å²) in [5.41, 5.74) is 0.939. The number of amides is 2. The van der Waals surface area contributed by atoms with E-state index in [1.54, 1.807) is 7.11 Å². The van der Waals surface area contributed by atoms with Crippen molar-refractivity contribution < 1.29 is 9.53 Å². The first-order chi connectivity index (χ1) is 14.6. The number of carbonyl (C=O) groups excluding carboxylic acids is 1. The van der Waals surface area contributed by atoms with E-state index < -0.39 is 0 Å². The van der Waals surface area contributed by atoms with Gasteiger partial charge >= 0.3 is 11.7 Å². The van der Waals surface area contributed by atoms with E-state index in [-0.39, 0.29) is 23.7 Å². The second-order valence-electron chi connectivity index (χ2n) is 8.03. The van der Waals surface area contributed by atoms with Crippen LogP contribution in [0.25, 0.3) is 0 Å². The number of hydrogen-bond acceptors (Lipinski definition) is 4. The molecule has 1 aliphatic carbocycles. The summed E-state index contributed by atoms with van der Waals surface area (Å²) in [5.74, 6) is 0.880. The number of methoxy groups -OCH3 is 1. The summed E-state index contributed by atoms with van der Waals surface area (Å²) in [5, 5.41) is 8.31. The maximum Gasteiger partial charge on any atom is 0.346 e. The van der Waals surface area contributed by atoms with Crippen molar-refractivity contribution in [1.29, 1.82) is 0 Å².